The van der Waals surface area contributed by atoms with Crippen molar-refractivity contribution in [2.24, 2.45) is 0 Å². The number of benzene rings is 1. The van der Waals surface area contributed by atoms with E-state index in [-0.39, 0.29) is 18.5 Å². The van der Waals surface area contributed by atoms with Gasteiger partial charge >= 0.3 is 12.1 Å². The molecule has 2 N–H and O–H groups in total. The fraction of sp³-hybridized carbons (Fsp3) is 0.579. The molecule has 2 aliphatic rings. The maximum Gasteiger partial charge on any atom is 0.490 e. The van der Waals surface area contributed by atoms with Crippen molar-refractivity contribution in [1.29, 1.82) is 0 Å². The van der Waals surface area contributed by atoms with E-state index in [2.05, 4.69) is 5.32 Å². The number of amides is 1. The van der Waals surface area contributed by atoms with Gasteiger partial charge in [0.2, 0.25) is 15.9 Å². The van der Waals surface area contributed by atoms with Crippen LogP contribution in [0.5, 0.6) is 0 Å². The van der Waals surface area contributed by atoms with Gasteiger partial charge < -0.3 is 15.3 Å². The van der Waals surface area contributed by atoms with Crippen LogP contribution in [-0.4, -0.2) is 79.5 Å². The summed E-state index contributed by atoms with van der Waals surface area (Å²) in [5.74, 6) is -2.86. The fourth-order valence-electron chi connectivity index (χ4n) is 3.03. The second-order valence-corrected chi connectivity index (χ2v) is 9.34. The van der Waals surface area contributed by atoms with Gasteiger partial charge in [0, 0.05) is 32.2 Å². The van der Waals surface area contributed by atoms with Crippen LogP contribution in [0.25, 0.3) is 0 Å². The highest BCUT2D eigenvalue weighted by molar-refractivity contribution is 7.89. The van der Waals surface area contributed by atoms with Crippen molar-refractivity contribution in [3.63, 3.8) is 0 Å². The zero-order valence-corrected chi connectivity index (χ0v) is 18.1. The Bertz CT molecular complexity index is 911. The number of nitrogens with one attached hydrogen (secondary N) is 1. The maximum absolute atomic E-state index is 13.1. The van der Waals surface area contributed by atoms with E-state index in [1.54, 1.807) is 17.9 Å². The third-order valence-electron chi connectivity index (χ3n) is 4.89. The number of carboxylic acid groups (broad SMARTS) is 1. The monoisotopic (exact) mass is 465 g/mol. The lowest BCUT2D eigenvalue weighted by atomic mass is 10.2. The number of carboxylic acids is 1. The number of alkyl halides is 3. The number of rotatable bonds is 5. The normalized spacial score (nSPS) is 17.2. The molecule has 12 heteroatoms. The number of carbonyl (C=O) groups excluding carboxylic acids is 1. The average molecular weight is 465 g/mol. The zero-order valence-electron chi connectivity index (χ0n) is 17.3. The van der Waals surface area contributed by atoms with Crippen molar-refractivity contribution in [3.8, 4) is 0 Å². The molecule has 0 atom stereocenters. The molecule has 0 bridgehead atoms. The summed E-state index contributed by atoms with van der Waals surface area (Å²) >= 11 is 0. The van der Waals surface area contributed by atoms with Gasteiger partial charge in [-0.25, -0.2) is 13.2 Å². The molecule has 174 valence electrons. The topological polar surface area (TPSA) is 107 Å². The SMILES string of the molecule is Cc1ccc(C)c(S(=O)(=O)N(CC(=O)N2CCNCC2)C2CC2)c1.O=C(O)C(F)(F)F. The second kappa shape index (κ2) is 9.96. The summed E-state index contributed by atoms with van der Waals surface area (Å²) in [6.07, 6.45) is -3.42. The van der Waals surface area contributed by atoms with Gasteiger partial charge in [0.25, 0.3) is 0 Å². The Morgan fingerprint density at radius 2 is 1.74 bits per heavy atom. The minimum Gasteiger partial charge on any atom is -0.475 e. The number of aliphatic carboxylic acids is 1. The van der Waals surface area contributed by atoms with Crippen LogP contribution in [0.1, 0.15) is 24.0 Å². The predicted octanol–water partition coefficient (Wildman–Crippen LogP) is 1.52. The van der Waals surface area contributed by atoms with Crippen molar-refractivity contribution >= 4 is 21.9 Å². The number of halogens is 3. The van der Waals surface area contributed by atoms with Crippen LogP contribution in [0.4, 0.5) is 13.2 Å². The lowest BCUT2D eigenvalue weighted by molar-refractivity contribution is -0.192. The molecule has 1 heterocycles. The molecule has 0 radical (unpaired) electrons. The number of hydrogen-bond acceptors (Lipinski definition) is 5. The molecular weight excluding hydrogens is 439 g/mol. The summed E-state index contributed by atoms with van der Waals surface area (Å²) in [4.78, 5) is 23.5. The molecule has 1 aromatic carbocycles. The Kier molecular flexibility index (Phi) is 8.06. The molecule has 8 nitrogen and oxygen atoms in total. The van der Waals surface area contributed by atoms with Gasteiger partial charge in [-0.3, -0.25) is 4.79 Å². The van der Waals surface area contributed by atoms with E-state index in [4.69, 9.17) is 9.90 Å². The molecule has 0 spiro atoms. The van der Waals surface area contributed by atoms with Gasteiger partial charge in [0.1, 0.15) is 0 Å². The summed E-state index contributed by atoms with van der Waals surface area (Å²) in [6.45, 7) is 6.43. The smallest absolute Gasteiger partial charge is 0.475 e. The Morgan fingerprint density at radius 1 is 1.19 bits per heavy atom. The molecule has 1 aromatic rings. The Hall–Kier alpha value is -2.18. The van der Waals surface area contributed by atoms with E-state index in [1.807, 2.05) is 19.1 Å². The summed E-state index contributed by atoms with van der Waals surface area (Å²) < 4.78 is 59.4. The molecule has 1 saturated carbocycles. The Labute approximate surface area is 179 Å². The van der Waals surface area contributed by atoms with Crippen molar-refractivity contribution in [1.82, 2.24) is 14.5 Å². The van der Waals surface area contributed by atoms with Crippen LogP contribution in [0.2, 0.25) is 0 Å². The summed E-state index contributed by atoms with van der Waals surface area (Å²) in [6, 6.07) is 5.39. The van der Waals surface area contributed by atoms with Gasteiger partial charge in [-0.2, -0.15) is 17.5 Å². The third-order valence-corrected chi connectivity index (χ3v) is 6.93. The molecule has 31 heavy (non-hydrogen) atoms. The van der Waals surface area contributed by atoms with Crippen LogP contribution in [-0.2, 0) is 19.6 Å². The number of hydrogen-bond donors (Lipinski definition) is 2. The van der Waals surface area contributed by atoms with Crippen molar-refractivity contribution in [3.05, 3.63) is 29.3 Å². The molecule has 1 aliphatic carbocycles. The molecule has 0 aromatic heterocycles. The van der Waals surface area contributed by atoms with Crippen molar-refractivity contribution in [2.75, 3.05) is 32.7 Å². The van der Waals surface area contributed by atoms with E-state index >= 15 is 0 Å². The number of aryl methyl sites for hydroxylation is 2. The minimum absolute atomic E-state index is 0.0400. The predicted molar refractivity (Wildman–Crippen MR) is 106 cm³/mol. The first kappa shape index (κ1) is 25.1. The first-order chi connectivity index (χ1) is 14.3. The van der Waals surface area contributed by atoms with E-state index in [1.165, 1.54) is 4.31 Å². The van der Waals surface area contributed by atoms with Crippen LogP contribution >= 0.6 is 0 Å². The van der Waals surface area contributed by atoms with Crippen LogP contribution in [0.15, 0.2) is 23.1 Å². The highest BCUT2D eigenvalue weighted by Gasteiger charge is 2.40. The summed E-state index contributed by atoms with van der Waals surface area (Å²) in [5.41, 5.74) is 1.63. The van der Waals surface area contributed by atoms with E-state index in [0.29, 0.717) is 18.0 Å². The van der Waals surface area contributed by atoms with Crippen molar-refractivity contribution < 1.29 is 36.3 Å². The molecule has 1 saturated heterocycles. The number of sulfonamides is 1. The quantitative estimate of drug-likeness (QED) is 0.683. The second-order valence-electron chi connectivity index (χ2n) is 7.48. The van der Waals surface area contributed by atoms with Crippen LogP contribution < -0.4 is 5.32 Å². The average Bonchev–Trinajstić information content (AvgIpc) is 3.53. The molecule has 1 aliphatic heterocycles. The van der Waals surface area contributed by atoms with E-state index < -0.39 is 22.2 Å². The number of nitrogens with zero attached hydrogens (tertiary/aromatic N) is 2. The highest BCUT2D eigenvalue weighted by Crippen LogP contribution is 2.33. The van der Waals surface area contributed by atoms with Crippen LogP contribution in [0.3, 0.4) is 0 Å². The number of carbonyl (C=O) groups is 2. The molecule has 3 rings (SSSR count). The number of piperazine rings is 1. The minimum atomic E-state index is -5.08. The largest absolute Gasteiger partial charge is 0.490 e. The molecule has 2 fully saturated rings. The molecule has 1 amide bonds. The Morgan fingerprint density at radius 3 is 2.23 bits per heavy atom. The highest BCUT2D eigenvalue weighted by atomic mass is 32.2. The first-order valence-corrected chi connectivity index (χ1v) is 11.2. The Balaban J connectivity index is 0.000000423. The van der Waals surface area contributed by atoms with Gasteiger partial charge in [0.05, 0.1) is 11.4 Å². The lowest BCUT2D eigenvalue weighted by Gasteiger charge is -2.30. The van der Waals surface area contributed by atoms with E-state index in [0.717, 1.165) is 37.1 Å². The van der Waals surface area contributed by atoms with Crippen LogP contribution in [0, 0.1) is 13.8 Å². The molecule has 0 unspecified atom stereocenters. The fourth-order valence-corrected chi connectivity index (χ4v) is 4.98. The first-order valence-electron chi connectivity index (χ1n) is 9.71. The summed E-state index contributed by atoms with van der Waals surface area (Å²) in [7, 11) is -3.65. The molecular formula is C19H26F3N3O5S. The maximum atomic E-state index is 13.1. The van der Waals surface area contributed by atoms with Gasteiger partial charge in [-0.15, -0.1) is 0 Å². The zero-order chi connectivity index (χ0) is 23.4. The third kappa shape index (κ3) is 6.91. The van der Waals surface area contributed by atoms with Crippen molar-refractivity contribution in [2.45, 2.75) is 43.8 Å². The van der Waals surface area contributed by atoms with Gasteiger partial charge in [0.15, 0.2) is 0 Å². The summed E-state index contributed by atoms with van der Waals surface area (Å²) in [5, 5.41) is 10.3. The standard InChI is InChI=1S/C17H25N3O3S.C2HF3O2/c1-13-3-4-14(2)16(11-13)24(22,23)20(15-5-6-15)12-17(21)19-9-7-18-8-10-19;3-2(4,5)1(6)7/h3-4,11,15,18H,5-10,12H2,1-2H3;(H,6,7). The lowest BCUT2D eigenvalue weighted by Crippen LogP contribution is -2.50. The van der Waals surface area contributed by atoms with Gasteiger partial charge in [-0.1, -0.05) is 12.1 Å². The van der Waals surface area contributed by atoms with Gasteiger partial charge in [-0.05, 0) is 43.9 Å². The van der Waals surface area contributed by atoms with E-state index in [9.17, 15) is 26.4 Å².